The maximum atomic E-state index is 12.1. The average Bonchev–Trinajstić information content (AvgIpc) is 2.73. The fraction of sp³-hybridized carbons (Fsp3) is 0.125. The predicted octanol–water partition coefficient (Wildman–Crippen LogP) is 6.00. The minimum Gasteiger partial charge on any atom is -0.493 e. The van der Waals surface area contributed by atoms with Crippen molar-refractivity contribution in [3.63, 3.8) is 0 Å². The summed E-state index contributed by atoms with van der Waals surface area (Å²) in [6.45, 7) is 2.52. The molecule has 0 aromatic heterocycles. The average molecular weight is 452 g/mol. The molecule has 0 saturated carbocycles. The first-order valence-electron chi connectivity index (χ1n) is 9.15. The molecule has 0 fully saturated rings. The number of aryl methyl sites for hydroxylation is 1. The van der Waals surface area contributed by atoms with Crippen LogP contribution in [-0.2, 0) is 11.4 Å². The van der Waals surface area contributed by atoms with Crippen molar-refractivity contribution in [1.29, 1.82) is 0 Å². The van der Waals surface area contributed by atoms with Gasteiger partial charge in [0.05, 0.1) is 7.11 Å². The first-order valence-corrected chi connectivity index (χ1v) is 9.94. The van der Waals surface area contributed by atoms with E-state index in [9.17, 15) is 4.79 Å². The highest BCUT2D eigenvalue weighted by molar-refractivity contribution is 9.10. The highest BCUT2D eigenvalue weighted by Crippen LogP contribution is 2.29. The number of carbonyl (C=O) groups excluding carboxylic acids is 1. The van der Waals surface area contributed by atoms with Crippen molar-refractivity contribution in [3.05, 3.63) is 94.0 Å². The maximum absolute atomic E-state index is 12.1. The molecule has 3 aromatic carbocycles. The van der Waals surface area contributed by atoms with Crippen molar-refractivity contribution in [2.45, 2.75) is 13.5 Å². The summed E-state index contributed by atoms with van der Waals surface area (Å²) >= 11 is 3.37. The number of benzene rings is 3. The lowest BCUT2D eigenvalue weighted by molar-refractivity contribution is -0.111. The van der Waals surface area contributed by atoms with E-state index in [0.29, 0.717) is 18.1 Å². The number of anilines is 1. The lowest BCUT2D eigenvalue weighted by atomic mass is 10.1. The highest BCUT2D eigenvalue weighted by Gasteiger charge is 2.07. The second-order valence-corrected chi connectivity index (χ2v) is 7.37. The first kappa shape index (κ1) is 20.7. The zero-order chi connectivity index (χ0) is 20.6. The molecule has 29 heavy (non-hydrogen) atoms. The Morgan fingerprint density at radius 2 is 1.79 bits per heavy atom. The summed E-state index contributed by atoms with van der Waals surface area (Å²) < 4.78 is 12.3. The quantitative estimate of drug-likeness (QED) is 0.448. The normalized spacial score (nSPS) is 10.7. The lowest BCUT2D eigenvalue weighted by Gasteiger charge is -2.12. The molecule has 0 aliphatic rings. The number of ether oxygens (including phenoxy) is 2. The van der Waals surface area contributed by atoms with Crippen LogP contribution in [0.2, 0.25) is 0 Å². The van der Waals surface area contributed by atoms with E-state index in [2.05, 4.69) is 34.2 Å². The van der Waals surface area contributed by atoms with E-state index < -0.39 is 0 Å². The van der Waals surface area contributed by atoms with Crippen molar-refractivity contribution in [1.82, 2.24) is 0 Å². The standard InChI is InChI=1S/C24H22BrNO3/c1-17-5-3-4-6-19(17)16-29-22-13-7-18(15-23(22)28-2)8-14-24(27)26-21-11-9-20(25)10-12-21/h3-15H,16H2,1-2H3,(H,26,27)/b14-8+. The third-order valence-electron chi connectivity index (χ3n) is 4.37. The molecular weight excluding hydrogens is 430 g/mol. The summed E-state index contributed by atoms with van der Waals surface area (Å²) in [5, 5.41) is 2.82. The number of rotatable bonds is 7. The van der Waals surface area contributed by atoms with Crippen LogP contribution in [0.4, 0.5) is 5.69 Å². The molecule has 0 radical (unpaired) electrons. The van der Waals surface area contributed by atoms with Crippen LogP contribution in [0.1, 0.15) is 16.7 Å². The molecule has 1 N–H and O–H groups in total. The van der Waals surface area contributed by atoms with Crippen molar-refractivity contribution in [3.8, 4) is 11.5 Å². The molecule has 4 nitrogen and oxygen atoms in total. The molecule has 0 saturated heterocycles. The highest BCUT2D eigenvalue weighted by atomic mass is 79.9. The predicted molar refractivity (Wildman–Crippen MR) is 120 cm³/mol. The van der Waals surface area contributed by atoms with Gasteiger partial charge in [-0.15, -0.1) is 0 Å². The van der Waals surface area contributed by atoms with E-state index in [4.69, 9.17) is 9.47 Å². The van der Waals surface area contributed by atoms with Gasteiger partial charge in [0, 0.05) is 16.2 Å². The number of hydrogen-bond acceptors (Lipinski definition) is 3. The van der Waals surface area contributed by atoms with Gasteiger partial charge in [0.1, 0.15) is 6.61 Å². The van der Waals surface area contributed by atoms with Gasteiger partial charge < -0.3 is 14.8 Å². The van der Waals surface area contributed by atoms with Crippen molar-refractivity contribution in [2.75, 3.05) is 12.4 Å². The van der Waals surface area contributed by atoms with Crippen LogP contribution in [0.5, 0.6) is 11.5 Å². The first-order chi connectivity index (χ1) is 14.0. The minimum absolute atomic E-state index is 0.203. The zero-order valence-electron chi connectivity index (χ0n) is 16.3. The van der Waals surface area contributed by atoms with E-state index >= 15 is 0 Å². The Hall–Kier alpha value is -3.05. The van der Waals surface area contributed by atoms with E-state index in [1.54, 1.807) is 13.2 Å². The van der Waals surface area contributed by atoms with Crippen LogP contribution in [0.25, 0.3) is 6.08 Å². The number of methoxy groups -OCH3 is 1. The van der Waals surface area contributed by atoms with Gasteiger partial charge in [0.25, 0.3) is 0 Å². The van der Waals surface area contributed by atoms with Gasteiger partial charge in [-0.2, -0.15) is 0 Å². The summed E-state index contributed by atoms with van der Waals surface area (Å²) in [5.74, 6) is 1.08. The van der Waals surface area contributed by atoms with Crippen LogP contribution in [-0.4, -0.2) is 13.0 Å². The second-order valence-electron chi connectivity index (χ2n) is 6.45. The number of halogens is 1. The molecule has 0 atom stereocenters. The molecule has 1 amide bonds. The Labute approximate surface area is 179 Å². The van der Waals surface area contributed by atoms with Gasteiger partial charge in [0.2, 0.25) is 5.91 Å². The fourth-order valence-corrected chi connectivity index (χ4v) is 2.99. The van der Waals surface area contributed by atoms with Gasteiger partial charge in [-0.05, 0) is 66.1 Å². The number of carbonyl (C=O) groups is 1. The number of amides is 1. The third-order valence-corrected chi connectivity index (χ3v) is 4.90. The van der Waals surface area contributed by atoms with Crippen LogP contribution in [0, 0.1) is 6.92 Å². The summed E-state index contributed by atoms with van der Waals surface area (Å²) in [7, 11) is 1.60. The minimum atomic E-state index is -0.203. The van der Waals surface area contributed by atoms with Crippen LogP contribution < -0.4 is 14.8 Å². The van der Waals surface area contributed by atoms with E-state index in [1.807, 2.05) is 60.7 Å². The molecule has 3 rings (SSSR count). The molecule has 0 aliphatic heterocycles. The van der Waals surface area contributed by atoms with Gasteiger partial charge in [-0.3, -0.25) is 4.79 Å². The molecule has 0 heterocycles. The number of nitrogens with one attached hydrogen (secondary N) is 1. The maximum Gasteiger partial charge on any atom is 0.248 e. The van der Waals surface area contributed by atoms with Gasteiger partial charge >= 0.3 is 0 Å². The Balaban J connectivity index is 1.64. The molecule has 0 bridgehead atoms. The molecular formula is C24H22BrNO3. The summed E-state index contributed by atoms with van der Waals surface area (Å²) in [4.78, 5) is 12.1. The summed E-state index contributed by atoms with van der Waals surface area (Å²) in [5.41, 5.74) is 3.89. The Morgan fingerprint density at radius 1 is 1.03 bits per heavy atom. The summed E-state index contributed by atoms with van der Waals surface area (Å²) in [6.07, 6.45) is 3.23. The van der Waals surface area contributed by atoms with Crippen molar-refractivity contribution in [2.24, 2.45) is 0 Å². The molecule has 148 valence electrons. The second kappa shape index (κ2) is 9.94. The van der Waals surface area contributed by atoms with Gasteiger partial charge in [0.15, 0.2) is 11.5 Å². The third kappa shape index (κ3) is 5.96. The zero-order valence-corrected chi connectivity index (χ0v) is 17.9. The van der Waals surface area contributed by atoms with Crippen LogP contribution in [0.3, 0.4) is 0 Å². The van der Waals surface area contributed by atoms with E-state index in [0.717, 1.165) is 21.3 Å². The topological polar surface area (TPSA) is 47.6 Å². The summed E-state index contributed by atoms with van der Waals surface area (Å²) in [6, 6.07) is 21.1. The van der Waals surface area contributed by atoms with Crippen molar-refractivity contribution < 1.29 is 14.3 Å². The fourth-order valence-electron chi connectivity index (χ4n) is 2.72. The smallest absolute Gasteiger partial charge is 0.248 e. The molecule has 3 aromatic rings. The Morgan fingerprint density at radius 3 is 2.52 bits per heavy atom. The van der Waals surface area contributed by atoms with Crippen LogP contribution in [0.15, 0.2) is 77.3 Å². The monoisotopic (exact) mass is 451 g/mol. The van der Waals surface area contributed by atoms with E-state index in [1.165, 1.54) is 11.6 Å². The molecule has 0 spiro atoms. The SMILES string of the molecule is COc1cc(/C=C/C(=O)Nc2ccc(Br)cc2)ccc1OCc1ccccc1C. The van der Waals surface area contributed by atoms with E-state index in [-0.39, 0.29) is 5.91 Å². The largest absolute Gasteiger partial charge is 0.493 e. The van der Waals surface area contributed by atoms with Crippen molar-refractivity contribution >= 4 is 33.6 Å². The van der Waals surface area contributed by atoms with Gasteiger partial charge in [-0.25, -0.2) is 0 Å². The van der Waals surface area contributed by atoms with Crippen LogP contribution >= 0.6 is 15.9 Å². The number of hydrogen-bond donors (Lipinski definition) is 1. The molecule has 0 unspecified atom stereocenters. The Bertz CT molecular complexity index is 1010. The lowest BCUT2D eigenvalue weighted by Crippen LogP contribution is -2.07. The molecule has 0 aliphatic carbocycles. The van der Waals surface area contributed by atoms with Gasteiger partial charge in [-0.1, -0.05) is 46.3 Å². The molecule has 5 heteroatoms. The Kier molecular flexibility index (Phi) is 7.09.